The Labute approximate surface area is 396 Å². The van der Waals surface area contributed by atoms with Gasteiger partial charge in [-0.05, 0) is 150 Å². The second kappa shape index (κ2) is 16.5. The van der Waals surface area contributed by atoms with Crippen molar-refractivity contribution in [1.29, 1.82) is 0 Å². The molecule has 68 heavy (non-hydrogen) atoms. The standard InChI is InChI=1S/C68H44/c1-3-18-47(19-4-1)55-34-38-63(61-28-13-11-26-59(55)61)67-57(53-25-15-24-51(44-53)52-32-30-45-16-7-9-22-49(45)42-52)36-40-66-65(67)41-37-58(54-33-31-46-17-8-10-23-50(46)43-54)68(66)64-39-35-56(48-20-5-2-6-21-48)60-27-12-14-29-62(60)64/h1-44H. The summed E-state index contributed by atoms with van der Waals surface area (Å²) in [5.41, 5.74) is 17.0. The molecule has 0 bridgehead atoms. The van der Waals surface area contributed by atoms with Crippen molar-refractivity contribution in [2.75, 3.05) is 0 Å². The molecule has 0 unspecified atom stereocenters. The van der Waals surface area contributed by atoms with Gasteiger partial charge in [0.1, 0.15) is 0 Å². The molecule has 0 saturated heterocycles. The summed E-state index contributed by atoms with van der Waals surface area (Å²) in [6, 6.07) is 98.7. The van der Waals surface area contributed by atoms with E-state index in [0.717, 1.165) is 0 Å². The van der Waals surface area contributed by atoms with Crippen molar-refractivity contribution >= 4 is 53.9 Å². The molecule has 0 aliphatic heterocycles. The molecule has 13 rings (SSSR count). The van der Waals surface area contributed by atoms with Crippen LogP contribution < -0.4 is 0 Å². The highest BCUT2D eigenvalue weighted by molar-refractivity contribution is 6.20. The molecule has 0 aliphatic rings. The Balaban J connectivity index is 1.13. The molecule has 0 atom stereocenters. The van der Waals surface area contributed by atoms with Crippen molar-refractivity contribution in [2.45, 2.75) is 0 Å². The van der Waals surface area contributed by atoms with Gasteiger partial charge >= 0.3 is 0 Å². The zero-order chi connectivity index (χ0) is 45.0. The predicted octanol–water partition coefficient (Wildman–Crippen LogP) is 19.1. The molecule has 0 spiro atoms. The fraction of sp³-hybridized carbons (Fsp3) is 0. The average Bonchev–Trinajstić information content (AvgIpc) is 3.42. The van der Waals surface area contributed by atoms with E-state index in [9.17, 15) is 0 Å². The summed E-state index contributed by atoms with van der Waals surface area (Å²) < 4.78 is 0. The van der Waals surface area contributed by atoms with E-state index in [-0.39, 0.29) is 0 Å². The summed E-state index contributed by atoms with van der Waals surface area (Å²) in [6.07, 6.45) is 0. The summed E-state index contributed by atoms with van der Waals surface area (Å²) in [5, 5.41) is 12.3. The summed E-state index contributed by atoms with van der Waals surface area (Å²) in [7, 11) is 0. The first kappa shape index (κ1) is 39.5. The number of fused-ring (bicyclic) bond motifs is 5. The van der Waals surface area contributed by atoms with Crippen LogP contribution in [-0.2, 0) is 0 Å². The quantitative estimate of drug-likeness (QED) is 0.150. The highest BCUT2D eigenvalue weighted by atomic mass is 14.3. The lowest BCUT2D eigenvalue weighted by Crippen LogP contribution is -1.95. The minimum atomic E-state index is 1.18. The summed E-state index contributed by atoms with van der Waals surface area (Å²) in [4.78, 5) is 0. The number of rotatable bonds is 7. The Kier molecular flexibility index (Phi) is 9.62. The summed E-state index contributed by atoms with van der Waals surface area (Å²) >= 11 is 0. The Morgan fingerprint density at radius 3 is 1.00 bits per heavy atom. The fourth-order valence-electron chi connectivity index (χ4n) is 10.8. The van der Waals surface area contributed by atoms with E-state index in [1.54, 1.807) is 0 Å². The van der Waals surface area contributed by atoms with Crippen LogP contribution in [0.3, 0.4) is 0 Å². The molecule has 0 heterocycles. The van der Waals surface area contributed by atoms with Gasteiger partial charge in [-0.25, -0.2) is 0 Å². The van der Waals surface area contributed by atoms with Gasteiger partial charge < -0.3 is 0 Å². The molecule has 0 nitrogen and oxygen atoms in total. The van der Waals surface area contributed by atoms with Gasteiger partial charge in [0.25, 0.3) is 0 Å². The first-order chi connectivity index (χ1) is 33.7. The molecule has 0 radical (unpaired) electrons. The monoisotopic (exact) mass is 860 g/mol. The first-order valence-corrected chi connectivity index (χ1v) is 23.6. The first-order valence-electron chi connectivity index (χ1n) is 23.6. The lowest BCUT2D eigenvalue weighted by Gasteiger charge is -2.22. The van der Waals surface area contributed by atoms with Gasteiger partial charge in [0.15, 0.2) is 0 Å². The minimum absolute atomic E-state index is 1.18. The van der Waals surface area contributed by atoms with E-state index in [1.165, 1.54) is 132 Å². The van der Waals surface area contributed by atoms with Crippen LogP contribution >= 0.6 is 0 Å². The Morgan fingerprint density at radius 2 is 0.485 bits per heavy atom. The molecule has 0 aromatic heterocycles. The maximum Gasteiger partial charge on any atom is -0.00203 e. The molecule has 0 aliphatic carbocycles. The van der Waals surface area contributed by atoms with Crippen LogP contribution in [0.2, 0.25) is 0 Å². The van der Waals surface area contributed by atoms with E-state index in [4.69, 9.17) is 0 Å². The molecule has 0 fully saturated rings. The topological polar surface area (TPSA) is 0 Å². The highest BCUT2D eigenvalue weighted by Gasteiger charge is 2.22. The zero-order valence-electron chi connectivity index (χ0n) is 37.4. The largest absolute Gasteiger partial charge is 0.0622 e. The molecule has 316 valence electrons. The summed E-state index contributed by atoms with van der Waals surface area (Å²) in [6.45, 7) is 0. The Morgan fingerprint density at radius 1 is 0.147 bits per heavy atom. The normalized spacial score (nSPS) is 11.5. The molecule has 0 N–H and O–H groups in total. The molecule has 0 heteroatoms. The van der Waals surface area contributed by atoms with E-state index in [2.05, 4.69) is 267 Å². The second-order valence-electron chi connectivity index (χ2n) is 17.9. The van der Waals surface area contributed by atoms with Gasteiger partial charge in [0.2, 0.25) is 0 Å². The van der Waals surface area contributed by atoms with Gasteiger partial charge in [0, 0.05) is 0 Å². The predicted molar refractivity (Wildman–Crippen MR) is 292 cm³/mol. The molecule has 13 aromatic carbocycles. The van der Waals surface area contributed by atoms with Gasteiger partial charge in [-0.3, -0.25) is 0 Å². The number of hydrogen-bond acceptors (Lipinski definition) is 0. The van der Waals surface area contributed by atoms with Crippen LogP contribution in [0.4, 0.5) is 0 Å². The molecular weight excluding hydrogens is 817 g/mol. The van der Waals surface area contributed by atoms with Crippen molar-refractivity contribution in [1.82, 2.24) is 0 Å². The third-order valence-electron chi connectivity index (χ3n) is 14.1. The highest BCUT2D eigenvalue weighted by Crippen LogP contribution is 2.49. The van der Waals surface area contributed by atoms with E-state index in [1.807, 2.05) is 0 Å². The van der Waals surface area contributed by atoms with Crippen LogP contribution in [-0.4, -0.2) is 0 Å². The smallest absolute Gasteiger partial charge is 0.00203 e. The summed E-state index contributed by atoms with van der Waals surface area (Å²) in [5.74, 6) is 0. The van der Waals surface area contributed by atoms with Gasteiger partial charge in [-0.1, -0.05) is 249 Å². The van der Waals surface area contributed by atoms with E-state index >= 15 is 0 Å². The molecular formula is C68H44. The number of hydrogen-bond donors (Lipinski definition) is 0. The lowest BCUT2D eigenvalue weighted by molar-refractivity contribution is 1.59. The van der Waals surface area contributed by atoms with E-state index in [0.29, 0.717) is 0 Å². The second-order valence-corrected chi connectivity index (χ2v) is 17.9. The third kappa shape index (κ3) is 6.77. The van der Waals surface area contributed by atoms with Crippen molar-refractivity contribution in [2.24, 2.45) is 0 Å². The van der Waals surface area contributed by atoms with Crippen molar-refractivity contribution in [3.05, 3.63) is 267 Å². The van der Waals surface area contributed by atoms with Crippen molar-refractivity contribution in [3.63, 3.8) is 0 Å². The minimum Gasteiger partial charge on any atom is -0.0622 e. The van der Waals surface area contributed by atoms with Crippen LogP contribution in [0.1, 0.15) is 0 Å². The zero-order valence-corrected chi connectivity index (χ0v) is 37.4. The molecule has 13 aromatic rings. The third-order valence-corrected chi connectivity index (χ3v) is 14.1. The average molecular weight is 861 g/mol. The molecule has 0 amide bonds. The van der Waals surface area contributed by atoms with Gasteiger partial charge in [-0.2, -0.15) is 0 Å². The number of benzene rings is 13. The maximum absolute atomic E-state index is 2.40. The van der Waals surface area contributed by atoms with Crippen LogP contribution in [0.15, 0.2) is 267 Å². The van der Waals surface area contributed by atoms with E-state index < -0.39 is 0 Å². The Hall–Kier alpha value is -8.84. The maximum atomic E-state index is 2.40. The van der Waals surface area contributed by atoms with Crippen molar-refractivity contribution < 1.29 is 0 Å². The fourth-order valence-corrected chi connectivity index (χ4v) is 10.8. The van der Waals surface area contributed by atoms with Crippen LogP contribution in [0.5, 0.6) is 0 Å². The lowest BCUT2D eigenvalue weighted by atomic mass is 9.81. The Bertz CT molecular complexity index is 4070. The van der Waals surface area contributed by atoms with Crippen LogP contribution in [0.25, 0.3) is 132 Å². The SMILES string of the molecule is c1ccc(-c2ccc(-c3c(-c4cccc(-c5ccc6ccccc6c5)c4)ccc4c(-c5ccc(-c6ccccc6)c6ccccc56)c(-c5ccc6ccccc6c5)ccc34)c3ccccc23)cc1. The van der Waals surface area contributed by atoms with Gasteiger partial charge in [-0.15, -0.1) is 0 Å². The van der Waals surface area contributed by atoms with Crippen molar-refractivity contribution in [3.8, 4) is 77.9 Å². The molecule has 0 saturated carbocycles. The van der Waals surface area contributed by atoms with Crippen LogP contribution in [0, 0.1) is 0 Å². The van der Waals surface area contributed by atoms with Gasteiger partial charge in [0.05, 0.1) is 0 Å².